The predicted octanol–water partition coefficient (Wildman–Crippen LogP) is 8.89. The van der Waals surface area contributed by atoms with Crippen molar-refractivity contribution in [3.05, 3.63) is 57.6 Å². The molecule has 0 fully saturated rings. The Morgan fingerprint density at radius 3 is 1.21 bits per heavy atom. The first-order valence-corrected chi connectivity index (χ1v) is 17.7. The summed E-state index contributed by atoms with van der Waals surface area (Å²) in [6.45, 7) is 28.7. The molecule has 47 heavy (non-hydrogen) atoms. The standard InChI is InChI=1S/C41H66N2O4/c1-27(20-22-43-35(45)19-17-29-25-32(40(8,9)10)37(47)33(26-29)41(11,12)13)15-14-21-42-34(44)18-16-28-23-30(38(2,3)4)36(46)31(24-28)39(5,6)7/h23-27,46-47H,14-22H2,1-13H3,(H,42,44)(H,43,45). The SMILES string of the molecule is CC(CCCNC(=O)CCc1cc(C(C)(C)C)c(O)c(C(C)(C)C)c1)CCNC(=O)CCc1cc(C(C)(C)C)c(O)c(C(C)(C)C)c1. The van der Waals surface area contributed by atoms with Crippen LogP contribution in [0, 0.1) is 5.92 Å². The van der Waals surface area contributed by atoms with E-state index >= 15 is 0 Å². The van der Waals surface area contributed by atoms with Gasteiger partial charge in [-0.05, 0) is 93.1 Å². The van der Waals surface area contributed by atoms with Crippen molar-refractivity contribution >= 4 is 11.8 Å². The fourth-order valence-corrected chi connectivity index (χ4v) is 5.94. The maximum absolute atomic E-state index is 12.7. The third kappa shape index (κ3) is 12.5. The highest BCUT2D eigenvalue weighted by Crippen LogP contribution is 2.41. The third-order valence-corrected chi connectivity index (χ3v) is 9.01. The van der Waals surface area contributed by atoms with Crippen LogP contribution in [0.4, 0.5) is 0 Å². The van der Waals surface area contributed by atoms with Crippen molar-refractivity contribution in [1.29, 1.82) is 0 Å². The van der Waals surface area contributed by atoms with Crippen molar-refractivity contribution in [3.8, 4) is 11.5 Å². The Bertz CT molecular complexity index is 1290. The number of carbonyl (C=O) groups is 2. The highest BCUT2D eigenvalue weighted by atomic mass is 16.3. The maximum Gasteiger partial charge on any atom is 0.220 e. The molecule has 2 aromatic rings. The van der Waals surface area contributed by atoms with Crippen molar-refractivity contribution in [2.75, 3.05) is 13.1 Å². The summed E-state index contributed by atoms with van der Waals surface area (Å²) in [5, 5.41) is 28.1. The minimum absolute atomic E-state index is 0.0463. The van der Waals surface area contributed by atoms with Gasteiger partial charge in [0.15, 0.2) is 0 Å². The first-order chi connectivity index (χ1) is 21.4. The third-order valence-electron chi connectivity index (χ3n) is 9.01. The summed E-state index contributed by atoms with van der Waals surface area (Å²) >= 11 is 0. The molecule has 0 bridgehead atoms. The normalized spacial score (nSPS) is 13.4. The molecule has 1 unspecified atom stereocenters. The van der Waals surface area contributed by atoms with Crippen molar-refractivity contribution in [1.82, 2.24) is 10.6 Å². The minimum atomic E-state index is -0.192. The van der Waals surface area contributed by atoms with Gasteiger partial charge in [0.1, 0.15) is 11.5 Å². The number of nitrogens with one attached hydrogen (secondary N) is 2. The number of phenolic OH excluding ortho intramolecular Hbond substituents is 2. The average molecular weight is 651 g/mol. The Morgan fingerprint density at radius 1 is 0.574 bits per heavy atom. The van der Waals surface area contributed by atoms with E-state index < -0.39 is 0 Å². The number of hydrogen-bond donors (Lipinski definition) is 4. The highest BCUT2D eigenvalue weighted by Gasteiger charge is 2.28. The molecule has 264 valence electrons. The van der Waals surface area contributed by atoms with E-state index in [1.165, 1.54) is 0 Å². The van der Waals surface area contributed by atoms with E-state index in [-0.39, 0.29) is 33.5 Å². The number of amides is 2. The van der Waals surface area contributed by atoms with E-state index in [4.69, 9.17) is 0 Å². The van der Waals surface area contributed by atoms with Crippen LogP contribution in [0.3, 0.4) is 0 Å². The Morgan fingerprint density at radius 2 is 0.894 bits per heavy atom. The van der Waals surface area contributed by atoms with Gasteiger partial charge in [0.2, 0.25) is 11.8 Å². The van der Waals surface area contributed by atoms with Crippen LogP contribution in [0.15, 0.2) is 24.3 Å². The quantitative estimate of drug-likeness (QED) is 0.163. The molecule has 4 N–H and O–H groups in total. The fourth-order valence-electron chi connectivity index (χ4n) is 5.94. The molecule has 1 atom stereocenters. The van der Waals surface area contributed by atoms with Crippen LogP contribution >= 0.6 is 0 Å². The summed E-state index contributed by atoms with van der Waals surface area (Å²) in [7, 11) is 0. The van der Waals surface area contributed by atoms with Gasteiger partial charge in [-0.2, -0.15) is 0 Å². The molecule has 0 spiro atoms. The molecule has 2 rings (SSSR count). The predicted molar refractivity (Wildman–Crippen MR) is 197 cm³/mol. The first-order valence-electron chi connectivity index (χ1n) is 17.7. The Balaban J connectivity index is 1.76. The molecule has 0 radical (unpaired) electrons. The molecule has 0 aliphatic carbocycles. The van der Waals surface area contributed by atoms with Crippen LogP contribution in [-0.4, -0.2) is 35.1 Å². The number of aromatic hydroxyl groups is 2. The lowest BCUT2D eigenvalue weighted by Gasteiger charge is -2.28. The van der Waals surface area contributed by atoms with Gasteiger partial charge < -0.3 is 20.8 Å². The zero-order valence-corrected chi connectivity index (χ0v) is 32.0. The molecule has 6 heteroatoms. The van der Waals surface area contributed by atoms with Crippen molar-refractivity contribution in [2.24, 2.45) is 5.92 Å². The van der Waals surface area contributed by atoms with Crippen LogP contribution < -0.4 is 10.6 Å². The minimum Gasteiger partial charge on any atom is -0.507 e. The monoisotopic (exact) mass is 651 g/mol. The topological polar surface area (TPSA) is 98.7 Å². The Labute approximate surface area is 286 Å². The number of rotatable bonds is 13. The molecule has 0 saturated carbocycles. The van der Waals surface area contributed by atoms with Crippen LogP contribution in [0.2, 0.25) is 0 Å². The van der Waals surface area contributed by atoms with Gasteiger partial charge in [-0.1, -0.05) is 114 Å². The molecule has 0 heterocycles. The van der Waals surface area contributed by atoms with Crippen LogP contribution in [-0.2, 0) is 44.1 Å². The Kier molecular flexibility index (Phi) is 13.6. The number of hydrogen-bond acceptors (Lipinski definition) is 4. The van der Waals surface area contributed by atoms with E-state index in [9.17, 15) is 19.8 Å². The molecular weight excluding hydrogens is 584 g/mol. The lowest BCUT2D eigenvalue weighted by Crippen LogP contribution is -2.27. The largest absolute Gasteiger partial charge is 0.507 e. The lowest BCUT2D eigenvalue weighted by atomic mass is 9.78. The lowest BCUT2D eigenvalue weighted by molar-refractivity contribution is -0.122. The summed E-state index contributed by atoms with van der Waals surface area (Å²) in [6, 6.07) is 8.21. The molecule has 0 saturated heterocycles. The zero-order chi connectivity index (χ0) is 36.0. The van der Waals surface area contributed by atoms with Crippen molar-refractivity contribution in [2.45, 2.75) is 157 Å². The van der Waals surface area contributed by atoms with Gasteiger partial charge in [0.05, 0.1) is 0 Å². The van der Waals surface area contributed by atoms with Crippen molar-refractivity contribution in [3.63, 3.8) is 0 Å². The Hall–Kier alpha value is -3.02. The molecule has 0 aliphatic rings. The van der Waals surface area contributed by atoms with Gasteiger partial charge in [-0.25, -0.2) is 0 Å². The van der Waals surface area contributed by atoms with Crippen LogP contribution in [0.5, 0.6) is 11.5 Å². The smallest absolute Gasteiger partial charge is 0.220 e. The number of carbonyl (C=O) groups excluding carboxylic acids is 2. The van der Waals surface area contributed by atoms with E-state index in [2.05, 4.69) is 125 Å². The first kappa shape index (κ1) is 40.2. The van der Waals surface area contributed by atoms with E-state index in [1.807, 2.05) is 0 Å². The van der Waals surface area contributed by atoms with E-state index in [1.54, 1.807) is 0 Å². The second-order valence-corrected chi connectivity index (χ2v) is 17.8. The van der Waals surface area contributed by atoms with Crippen molar-refractivity contribution < 1.29 is 19.8 Å². The van der Waals surface area contributed by atoms with E-state index in [0.717, 1.165) is 52.6 Å². The summed E-state index contributed by atoms with van der Waals surface area (Å²) in [6.07, 6.45) is 4.88. The molecule has 6 nitrogen and oxygen atoms in total. The number of benzene rings is 2. The second kappa shape index (κ2) is 15.9. The molecular formula is C41H66N2O4. The van der Waals surface area contributed by atoms with Gasteiger partial charge in [0, 0.05) is 25.9 Å². The second-order valence-electron chi connectivity index (χ2n) is 17.8. The zero-order valence-electron chi connectivity index (χ0n) is 32.0. The average Bonchev–Trinajstić information content (AvgIpc) is 2.91. The molecule has 0 aromatic heterocycles. The van der Waals surface area contributed by atoms with Gasteiger partial charge in [0.25, 0.3) is 0 Å². The number of aryl methyl sites for hydroxylation is 2. The highest BCUT2D eigenvalue weighted by molar-refractivity contribution is 5.76. The fraction of sp³-hybridized carbons (Fsp3) is 0.659. The summed E-state index contributed by atoms with van der Waals surface area (Å²) < 4.78 is 0. The van der Waals surface area contributed by atoms with Gasteiger partial charge >= 0.3 is 0 Å². The van der Waals surface area contributed by atoms with Gasteiger partial charge in [-0.3, -0.25) is 9.59 Å². The molecule has 2 amide bonds. The summed E-state index contributed by atoms with van der Waals surface area (Å²) in [4.78, 5) is 25.3. The maximum atomic E-state index is 12.7. The van der Waals surface area contributed by atoms with Crippen LogP contribution in [0.1, 0.15) is 155 Å². The summed E-state index contributed by atoms with van der Waals surface area (Å²) in [5.41, 5.74) is 5.08. The van der Waals surface area contributed by atoms with Crippen LogP contribution in [0.25, 0.3) is 0 Å². The summed E-state index contributed by atoms with van der Waals surface area (Å²) in [5.74, 6) is 1.27. The van der Waals surface area contributed by atoms with E-state index in [0.29, 0.717) is 56.2 Å². The van der Waals surface area contributed by atoms with Gasteiger partial charge in [-0.15, -0.1) is 0 Å². The molecule has 0 aliphatic heterocycles. The molecule has 2 aromatic carbocycles. The number of phenols is 2.